The predicted molar refractivity (Wildman–Crippen MR) is 101 cm³/mol. The normalized spacial score (nSPS) is 20.0. The number of anilines is 1. The number of hydrogen-bond donors (Lipinski definition) is 1. The molecule has 2 heterocycles. The molecule has 1 aromatic carbocycles. The summed E-state index contributed by atoms with van der Waals surface area (Å²) in [6.07, 6.45) is 3.21. The van der Waals surface area contributed by atoms with Crippen LogP contribution in [0.15, 0.2) is 36.7 Å². The third-order valence-corrected chi connectivity index (χ3v) is 4.96. The van der Waals surface area contributed by atoms with Crippen molar-refractivity contribution in [3.63, 3.8) is 0 Å². The first-order valence-corrected chi connectivity index (χ1v) is 8.69. The van der Waals surface area contributed by atoms with E-state index in [4.69, 9.17) is 23.2 Å². The van der Waals surface area contributed by atoms with Crippen molar-refractivity contribution in [3.05, 3.63) is 57.8 Å². The maximum atomic E-state index is 13.1. The number of pyridine rings is 1. The third kappa shape index (κ3) is 3.28. The molecule has 1 aliphatic rings. The van der Waals surface area contributed by atoms with Crippen molar-refractivity contribution in [2.24, 2.45) is 0 Å². The standard InChI is InChI=1S/C18H18Cl2N4O2/c1-18(12-4-5-14(19)15(20)7-12)16(25)24(17(26)22-18)13-6-11(8-21-9-13)10-23(2)3/h4-9H,10H2,1-3H3,(H,22,26). The van der Waals surface area contributed by atoms with Crippen molar-refractivity contribution >= 4 is 40.8 Å². The lowest BCUT2D eigenvalue weighted by atomic mass is 9.92. The molecule has 1 unspecified atom stereocenters. The van der Waals surface area contributed by atoms with Gasteiger partial charge in [-0.15, -0.1) is 0 Å². The van der Waals surface area contributed by atoms with Crippen molar-refractivity contribution in [1.82, 2.24) is 15.2 Å². The van der Waals surface area contributed by atoms with Gasteiger partial charge in [0.25, 0.3) is 5.91 Å². The summed E-state index contributed by atoms with van der Waals surface area (Å²) in [7, 11) is 3.86. The number of aromatic nitrogens is 1. The highest BCUT2D eigenvalue weighted by Gasteiger charge is 2.50. The van der Waals surface area contributed by atoms with Gasteiger partial charge in [0.2, 0.25) is 0 Å². The molecule has 8 heteroatoms. The maximum Gasteiger partial charge on any atom is 0.330 e. The van der Waals surface area contributed by atoms with Crippen LogP contribution in [0.5, 0.6) is 0 Å². The van der Waals surface area contributed by atoms with Crippen LogP contribution in [-0.2, 0) is 16.9 Å². The number of carbonyl (C=O) groups is 2. The summed E-state index contributed by atoms with van der Waals surface area (Å²) in [5.74, 6) is -0.398. The molecule has 1 aliphatic heterocycles. The fourth-order valence-electron chi connectivity index (χ4n) is 2.92. The Morgan fingerprint density at radius 3 is 2.54 bits per heavy atom. The number of nitrogens with one attached hydrogen (secondary N) is 1. The Morgan fingerprint density at radius 1 is 1.15 bits per heavy atom. The molecule has 1 N–H and O–H groups in total. The lowest BCUT2D eigenvalue weighted by Crippen LogP contribution is -2.41. The molecule has 0 bridgehead atoms. The molecule has 3 rings (SSSR count). The van der Waals surface area contributed by atoms with Crippen LogP contribution in [0.2, 0.25) is 10.0 Å². The van der Waals surface area contributed by atoms with Gasteiger partial charge in [-0.2, -0.15) is 0 Å². The van der Waals surface area contributed by atoms with Crippen LogP contribution < -0.4 is 10.2 Å². The molecule has 6 nitrogen and oxygen atoms in total. The van der Waals surface area contributed by atoms with Crippen molar-refractivity contribution in [3.8, 4) is 0 Å². The van der Waals surface area contributed by atoms with Crippen LogP contribution in [0.1, 0.15) is 18.1 Å². The van der Waals surface area contributed by atoms with E-state index < -0.39 is 17.5 Å². The summed E-state index contributed by atoms with van der Waals surface area (Å²) < 4.78 is 0. The number of halogens is 2. The van der Waals surface area contributed by atoms with E-state index in [2.05, 4.69) is 10.3 Å². The van der Waals surface area contributed by atoms with Crippen LogP contribution in [0.3, 0.4) is 0 Å². The Balaban J connectivity index is 1.97. The van der Waals surface area contributed by atoms with Gasteiger partial charge in [0, 0.05) is 12.7 Å². The van der Waals surface area contributed by atoms with Crippen molar-refractivity contribution in [1.29, 1.82) is 0 Å². The van der Waals surface area contributed by atoms with E-state index in [0.717, 1.165) is 10.5 Å². The van der Waals surface area contributed by atoms with Gasteiger partial charge in [0.05, 0.1) is 21.9 Å². The molecule has 1 fully saturated rings. The molecule has 0 spiro atoms. The fourth-order valence-corrected chi connectivity index (χ4v) is 3.22. The highest BCUT2D eigenvalue weighted by molar-refractivity contribution is 6.42. The molecule has 0 aliphatic carbocycles. The molecular formula is C18H18Cl2N4O2. The number of urea groups is 1. The first-order chi connectivity index (χ1) is 12.2. The summed E-state index contributed by atoms with van der Waals surface area (Å²) in [5.41, 5.74) is 0.653. The van der Waals surface area contributed by atoms with E-state index in [9.17, 15) is 9.59 Å². The zero-order valence-corrected chi connectivity index (χ0v) is 16.1. The lowest BCUT2D eigenvalue weighted by Gasteiger charge is -2.22. The first-order valence-electron chi connectivity index (χ1n) is 7.93. The third-order valence-electron chi connectivity index (χ3n) is 4.23. The van der Waals surface area contributed by atoms with Gasteiger partial charge < -0.3 is 10.2 Å². The number of hydrogen-bond acceptors (Lipinski definition) is 4. The van der Waals surface area contributed by atoms with E-state index >= 15 is 0 Å². The highest BCUT2D eigenvalue weighted by atomic mass is 35.5. The van der Waals surface area contributed by atoms with Gasteiger partial charge in [-0.1, -0.05) is 29.3 Å². The Morgan fingerprint density at radius 2 is 1.88 bits per heavy atom. The molecule has 136 valence electrons. The van der Waals surface area contributed by atoms with Gasteiger partial charge in [-0.05, 0) is 50.3 Å². The zero-order chi connectivity index (χ0) is 19.1. The average Bonchev–Trinajstić information content (AvgIpc) is 2.80. The van der Waals surface area contributed by atoms with E-state index in [0.29, 0.717) is 27.8 Å². The monoisotopic (exact) mass is 392 g/mol. The quantitative estimate of drug-likeness (QED) is 0.809. The highest BCUT2D eigenvalue weighted by Crippen LogP contribution is 2.35. The number of nitrogens with zero attached hydrogens (tertiary/aromatic N) is 3. The van der Waals surface area contributed by atoms with E-state index in [1.807, 2.05) is 19.0 Å². The van der Waals surface area contributed by atoms with Crippen molar-refractivity contribution < 1.29 is 9.59 Å². The Hall–Kier alpha value is -2.15. The van der Waals surface area contributed by atoms with Gasteiger partial charge in [0.1, 0.15) is 5.54 Å². The largest absolute Gasteiger partial charge is 0.330 e. The van der Waals surface area contributed by atoms with Crippen LogP contribution in [-0.4, -0.2) is 35.9 Å². The maximum absolute atomic E-state index is 13.1. The molecule has 1 saturated heterocycles. The topological polar surface area (TPSA) is 65.5 Å². The number of imide groups is 1. The molecule has 0 saturated carbocycles. The molecule has 1 atom stereocenters. The minimum absolute atomic E-state index is 0.320. The second kappa shape index (κ2) is 6.87. The predicted octanol–water partition coefficient (Wildman–Crippen LogP) is 3.42. The molecule has 3 amide bonds. The minimum Gasteiger partial charge on any atom is -0.319 e. The van der Waals surface area contributed by atoms with Crippen molar-refractivity contribution in [2.75, 3.05) is 19.0 Å². The second-order valence-electron chi connectivity index (χ2n) is 6.61. The lowest BCUT2D eigenvalue weighted by molar-refractivity contribution is -0.121. The molecule has 26 heavy (non-hydrogen) atoms. The number of rotatable bonds is 4. The van der Waals surface area contributed by atoms with Crippen LogP contribution in [0, 0.1) is 0 Å². The van der Waals surface area contributed by atoms with Crippen LogP contribution in [0.25, 0.3) is 0 Å². The summed E-state index contributed by atoms with van der Waals surface area (Å²) in [6.45, 7) is 2.29. The summed E-state index contributed by atoms with van der Waals surface area (Å²) >= 11 is 12.0. The van der Waals surface area contributed by atoms with Crippen LogP contribution in [0.4, 0.5) is 10.5 Å². The fraction of sp³-hybridized carbons (Fsp3) is 0.278. The number of amides is 3. The van der Waals surface area contributed by atoms with Gasteiger partial charge >= 0.3 is 6.03 Å². The van der Waals surface area contributed by atoms with Gasteiger partial charge in [-0.3, -0.25) is 9.78 Å². The molecule has 1 aromatic heterocycles. The van der Waals surface area contributed by atoms with E-state index in [1.54, 1.807) is 37.4 Å². The molecular weight excluding hydrogens is 375 g/mol. The summed E-state index contributed by atoms with van der Waals surface area (Å²) in [4.78, 5) is 32.9. The van der Waals surface area contributed by atoms with Gasteiger partial charge in [-0.25, -0.2) is 9.69 Å². The molecule has 0 radical (unpaired) electrons. The summed E-state index contributed by atoms with van der Waals surface area (Å²) in [5, 5.41) is 3.45. The van der Waals surface area contributed by atoms with E-state index in [-0.39, 0.29) is 0 Å². The first kappa shape index (κ1) is 18.6. The average molecular weight is 393 g/mol. The molecule has 2 aromatic rings. The zero-order valence-electron chi connectivity index (χ0n) is 14.6. The number of benzene rings is 1. The Kier molecular flexibility index (Phi) is 4.92. The van der Waals surface area contributed by atoms with Crippen LogP contribution >= 0.6 is 23.2 Å². The SMILES string of the molecule is CN(C)Cc1cncc(N2C(=O)NC(C)(c3ccc(Cl)c(Cl)c3)C2=O)c1. The van der Waals surface area contributed by atoms with E-state index in [1.165, 1.54) is 6.20 Å². The summed E-state index contributed by atoms with van der Waals surface area (Å²) in [6, 6.07) is 6.15. The van der Waals surface area contributed by atoms with Gasteiger partial charge in [0.15, 0.2) is 0 Å². The Labute approximate surface area is 161 Å². The minimum atomic E-state index is -1.23. The Bertz CT molecular complexity index is 887. The smallest absolute Gasteiger partial charge is 0.319 e. The van der Waals surface area contributed by atoms with Crippen molar-refractivity contribution in [2.45, 2.75) is 19.0 Å². The number of carbonyl (C=O) groups excluding carboxylic acids is 2. The second-order valence-corrected chi connectivity index (χ2v) is 7.43.